The molecule has 1 aliphatic rings. The van der Waals surface area contributed by atoms with Gasteiger partial charge in [0.1, 0.15) is 5.75 Å². The maximum Gasteiger partial charge on any atom is 0.344 e. The number of ether oxygens (including phenoxy) is 2. The molecule has 1 heterocycles. The molecular formula is C23H22N2O6S. The van der Waals surface area contributed by atoms with E-state index in [0.29, 0.717) is 28.1 Å². The monoisotopic (exact) mass is 454 g/mol. The molecule has 0 bridgehead atoms. The number of rotatable bonds is 8. The highest BCUT2D eigenvalue weighted by Gasteiger charge is 2.32. The fourth-order valence-electron chi connectivity index (χ4n) is 2.88. The SMILES string of the molecule is CCOC(=O)COc1cccc(/C=C2/SC(=Nc3cccc(C(=O)O)c3)N(CC)C2=O)c1. The number of carboxylic acid groups (broad SMARTS) is 1. The summed E-state index contributed by atoms with van der Waals surface area (Å²) in [5, 5.41) is 9.64. The first-order valence-corrected chi connectivity index (χ1v) is 10.7. The fraction of sp³-hybridized carbons (Fsp3) is 0.217. The van der Waals surface area contributed by atoms with Crippen LogP contribution in [0.3, 0.4) is 0 Å². The van der Waals surface area contributed by atoms with Gasteiger partial charge in [-0.2, -0.15) is 0 Å². The van der Waals surface area contributed by atoms with Gasteiger partial charge in [0.25, 0.3) is 5.91 Å². The van der Waals surface area contributed by atoms with Gasteiger partial charge in [0.2, 0.25) is 0 Å². The van der Waals surface area contributed by atoms with Crippen LogP contribution in [0, 0.1) is 0 Å². The second-order valence-electron chi connectivity index (χ2n) is 6.58. The third kappa shape index (κ3) is 5.76. The van der Waals surface area contributed by atoms with Crippen LogP contribution in [0.25, 0.3) is 6.08 Å². The van der Waals surface area contributed by atoms with Crippen molar-refractivity contribution < 1.29 is 29.0 Å². The Morgan fingerprint density at radius 2 is 1.94 bits per heavy atom. The topological polar surface area (TPSA) is 106 Å². The summed E-state index contributed by atoms with van der Waals surface area (Å²) in [6, 6.07) is 13.3. The molecule has 8 nitrogen and oxygen atoms in total. The lowest BCUT2D eigenvalue weighted by molar-refractivity contribution is -0.145. The third-order valence-electron chi connectivity index (χ3n) is 4.34. The molecule has 0 unspecified atom stereocenters. The minimum atomic E-state index is -1.04. The van der Waals surface area contributed by atoms with Crippen LogP contribution in [-0.2, 0) is 14.3 Å². The molecule has 0 aliphatic carbocycles. The number of carbonyl (C=O) groups is 3. The van der Waals surface area contributed by atoms with Crippen molar-refractivity contribution in [2.75, 3.05) is 19.8 Å². The van der Waals surface area contributed by atoms with Gasteiger partial charge in [-0.15, -0.1) is 0 Å². The van der Waals surface area contributed by atoms with Crippen LogP contribution in [-0.4, -0.2) is 52.8 Å². The number of likely N-dealkylation sites (N-methyl/N-ethyl adjacent to an activating group) is 1. The maximum atomic E-state index is 12.9. The van der Waals surface area contributed by atoms with Crippen LogP contribution in [0.4, 0.5) is 5.69 Å². The van der Waals surface area contributed by atoms with Crippen LogP contribution < -0.4 is 4.74 Å². The molecule has 0 radical (unpaired) electrons. The lowest BCUT2D eigenvalue weighted by Gasteiger charge is -2.12. The molecule has 2 aromatic carbocycles. The van der Waals surface area contributed by atoms with Gasteiger partial charge in [-0.3, -0.25) is 9.69 Å². The van der Waals surface area contributed by atoms with Crippen molar-refractivity contribution in [3.8, 4) is 5.75 Å². The van der Waals surface area contributed by atoms with Crippen molar-refractivity contribution in [3.05, 3.63) is 64.6 Å². The van der Waals surface area contributed by atoms with E-state index in [2.05, 4.69) is 4.99 Å². The standard InChI is InChI=1S/C23H22N2O6S/c1-3-25-21(27)19(32-23(25)24-17-9-6-8-16(13-17)22(28)29)12-15-7-5-10-18(11-15)31-14-20(26)30-4-2/h5-13H,3-4,14H2,1-2H3,(H,28,29)/b19-12+,24-23?. The van der Waals surface area contributed by atoms with Gasteiger partial charge in [0, 0.05) is 6.54 Å². The summed E-state index contributed by atoms with van der Waals surface area (Å²) in [4.78, 5) is 42.0. The molecule has 1 N–H and O–H groups in total. The molecule has 9 heteroatoms. The number of carboxylic acids is 1. The van der Waals surface area contributed by atoms with Gasteiger partial charge in [-0.25, -0.2) is 14.6 Å². The Labute approximate surface area is 189 Å². The predicted octanol–water partition coefficient (Wildman–Crippen LogP) is 3.95. The molecule has 1 fully saturated rings. The van der Waals surface area contributed by atoms with Gasteiger partial charge in [0.05, 0.1) is 22.8 Å². The van der Waals surface area contributed by atoms with Crippen LogP contribution in [0.5, 0.6) is 5.75 Å². The summed E-state index contributed by atoms with van der Waals surface area (Å²) in [6.45, 7) is 4.07. The number of benzene rings is 2. The van der Waals surface area contributed by atoms with E-state index in [9.17, 15) is 19.5 Å². The quantitative estimate of drug-likeness (QED) is 0.475. The molecule has 1 saturated heterocycles. The van der Waals surface area contributed by atoms with E-state index < -0.39 is 11.9 Å². The summed E-state index contributed by atoms with van der Waals surface area (Å²) in [5.74, 6) is -1.21. The van der Waals surface area contributed by atoms with E-state index in [1.807, 2.05) is 13.0 Å². The number of aromatic carboxylic acids is 1. The van der Waals surface area contributed by atoms with Crippen LogP contribution in [0.2, 0.25) is 0 Å². The highest BCUT2D eigenvalue weighted by Crippen LogP contribution is 2.34. The average Bonchev–Trinajstić information content (AvgIpc) is 3.06. The Balaban J connectivity index is 1.81. The van der Waals surface area contributed by atoms with Crippen LogP contribution >= 0.6 is 11.8 Å². The van der Waals surface area contributed by atoms with Crippen molar-refractivity contribution in [2.24, 2.45) is 4.99 Å². The average molecular weight is 455 g/mol. The zero-order valence-electron chi connectivity index (χ0n) is 17.6. The van der Waals surface area contributed by atoms with Gasteiger partial charge in [-0.1, -0.05) is 18.2 Å². The molecule has 0 aromatic heterocycles. The highest BCUT2D eigenvalue weighted by atomic mass is 32.2. The van der Waals surface area contributed by atoms with E-state index in [1.165, 1.54) is 28.8 Å². The lowest BCUT2D eigenvalue weighted by Crippen LogP contribution is -2.28. The zero-order chi connectivity index (χ0) is 23.1. The normalized spacial score (nSPS) is 15.9. The second kappa shape index (κ2) is 10.6. The number of nitrogens with zero attached hydrogens (tertiary/aromatic N) is 2. The number of esters is 1. The number of thioether (sulfide) groups is 1. The first-order valence-electron chi connectivity index (χ1n) is 9.93. The van der Waals surface area contributed by atoms with Crippen molar-refractivity contribution in [1.29, 1.82) is 0 Å². The molecule has 2 aromatic rings. The minimum Gasteiger partial charge on any atom is -0.482 e. The van der Waals surface area contributed by atoms with Gasteiger partial charge >= 0.3 is 11.9 Å². The molecule has 166 valence electrons. The predicted molar refractivity (Wildman–Crippen MR) is 122 cm³/mol. The number of amides is 1. The van der Waals surface area contributed by atoms with Gasteiger partial charge in [0.15, 0.2) is 11.8 Å². The zero-order valence-corrected chi connectivity index (χ0v) is 18.4. The Hall–Kier alpha value is -3.59. The minimum absolute atomic E-state index is 0.125. The number of amidine groups is 1. The fourth-order valence-corrected chi connectivity index (χ4v) is 3.94. The molecule has 3 rings (SSSR count). The molecular weight excluding hydrogens is 432 g/mol. The Morgan fingerprint density at radius 3 is 2.66 bits per heavy atom. The Morgan fingerprint density at radius 1 is 1.16 bits per heavy atom. The number of hydrogen-bond donors (Lipinski definition) is 1. The first-order chi connectivity index (χ1) is 15.4. The molecule has 1 aliphatic heterocycles. The smallest absolute Gasteiger partial charge is 0.344 e. The number of hydrogen-bond acceptors (Lipinski definition) is 7. The Bertz CT molecular complexity index is 1100. The first kappa shape index (κ1) is 23.1. The van der Waals surface area contributed by atoms with E-state index in [-0.39, 0.29) is 24.7 Å². The van der Waals surface area contributed by atoms with Crippen molar-refractivity contribution in [3.63, 3.8) is 0 Å². The summed E-state index contributed by atoms with van der Waals surface area (Å²) in [6.07, 6.45) is 1.73. The number of aliphatic imine (C=N–C) groups is 1. The number of carbonyl (C=O) groups excluding carboxylic acids is 2. The largest absolute Gasteiger partial charge is 0.482 e. The summed E-state index contributed by atoms with van der Waals surface area (Å²) in [5.41, 5.74) is 1.31. The third-order valence-corrected chi connectivity index (χ3v) is 5.35. The molecule has 0 saturated carbocycles. The summed E-state index contributed by atoms with van der Waals surface area (Å²) < 4.78 is 10.3. The van der Waals surface area contributed by atoms with E-state index in [0.717, 1.165) is 5.56 Å². The van der Waals surface area contributed by atoms with Gasteiger partial charge in [-0.05, 0) is 67.6 Å². The second-order valence-corrected chi connectivity index (χ2v) is 7.59. The van der Waals surface area contributed by atoms with E-state index >= 15 is 0 Å². The van der Waals surface area contributed by atoms with Gasteiger partial charge < -0.3 is 14.6 Å². The van der Waals surface area contributed by atoms with Crippen molar-refractivity contribution in [2.45, 2.75) is 13.8 Å². The van der Waals surface area contributed by atoms with Crippen LogP contribution in [0.15, 0.2) is 58.4 Å². The molecule has 0 spiro atoms. The van der Waals surface area contributed by atoms with Crippen molar-refractivity contribution >= 4 is 46.5 Å². The molecule has 32 heavy (non-hydrogen) atoms. The van der Waals surface area contributed by atoms with E-state index in [1.54, 1.807) is 43.3 Å². The molecule has 1 amide bonds. The van der Waals surface area contributed by atoms with Crippen LogP contribution in [0.1, 0.15) is 29.8 Å². The summed E-state index contributed by atoms with van der Waals surface area (Å²) >= 11 is 1.21. The lowest BCUT2D eigenvalue weighted by atomic mass is 10.2. The Kier molecular flexibility index (Phi) is 7.67. The summed E-state index contributed by atoms with van der Waals surface area (Å²) in [7, 11) is 0. The molecule has 0 atom stereocenters. The van der Waals surface area contributed by atoms with Crippen molar-refractivity contribution in [1.82, 2.24) is 4.90 Å². The highest BCUT2D eigenvalue weighted by molar-refractivity contribution is 8.18. The van der Waals surface area contributed by atoms with E-state index in [4.69, 9.17) is 9.47 Å². The maximum absolute atomic E-state index is 12.9.